The third kappa shape index (κ3) is 2.26. The van der Waals surface area contributed by atoms with Gasteiger partial charge in [0.25, 0.3) is 0 Å². The van der Waals surface area contributed by atoms with Crippen molar-refractivity contribution in [1.29, 1.82) is 0 Å². The summed E-state index contributed by atoms with van der Waals surface area (Å²) in [4.78, 5) is 2.96. The minimum absolute atomic E-state index is 0.0796. The van der Waals surface area contributed by atoms with Crippen LogP contribution in [0.25, 0.3) is 11.0 Å². The fraction of sp³-hybridized carbons (Fsp3) is 0.182. The number of H-pyrrole nitrogens is 1. The molecule has 8 heteroatoms. The molecule has 5 nitrogen and oxygen atoms in total. The molecule has 0 radical (unpaired) electrons. The number of fused-ring (bicyclic) bond motifs is 1. The molecule has 1 N–H and O–H groups in total. The van der Waals surface area contributed by atoms with Gasteiger partial charge in [0.05, 0.1) is 28.8 Å². The number of rotatable bonds is 3. The molecule has 0 aliphatic rings. The van der Waals surface area contributed by atoms with Gasteiger partial charge in [-0.15, -0.1) is 5.10 Å². The van der Waals surface area contributed by atoms with Gasteiger partial charge in [-0.3, -0.25) is 4.68 Å². The molecule has 0 fully saturated rings. The number of hydrogen-bond acceptors (Lipinski definition) is 3. The monoisotopic (exact) mass is 297 g/mol. The highest BCUT2D eigenvalue weighted by atomic mass is 35.5. The third-order valence-corrected chi connectivity index (χ3v) is 3.45. The fourth-order valence-electron chi connectivity index (χ4n) is 1.93. The Morgan fingerprint density at radius 1 is 1.37 bits per heavy atom. The zero-order chi connectivity index (χ0) is 13.4. The largest absolute Gasteiger partial charge is 0.330 e. The summed E-state index contributed by atoms with van der Waals surface area (Å²) in [6, 6.07) is 2.92. The van der Waals surface area contributed by atoms with Crippen molar-refractivity contribution in [1.82, 2.24) is 24.5 Å². The maximum atomic E-state index is 13.4. The Balaban J connectivity index is 2.00. The summed E-state index contributed by atoms with van der Waals surface area (Å²) >= 11 is 11.0. The molecule has 0 aliphatic carbocycles. The number of hydrogen-bond donors (Lipinski definition) is 1. The van der Waals surface area contributed by atoms with E-state index >= 15 is 0 Å². The van der Waals surface area contributed by atoms with Crippen LogP contribution in [0.1, 0.15) is 0 Å². The molecule has 0 aliphatic heterocycles. The summed E-state index contributed by atoms with van der Waals surface area (Å²) in [5.74, 6) is -0.464. The molecular weight excluding hydrogens is 289 g/mol. The van der Waals surface area contributed by atoms with E-state index in [1.54, 1.807) is 23.1 Å². The molecule has 2 aromatic heterocycles. The van der Waals surface area contributed by atoms with Crippen molar-refractivity contribution in [3.63, 3.8) is 0 Å². The van der Waals surface area contributed by atoms with Crippen molar-refractivity contribution in [3.05, 3.63) is 40.1 Å². The van der Waals surface area contributed by atoms with Gasteiger partial charge in [0.2, 0.25) is 0 Å². The Kier molecular flexibility index (Phi) is 3.08. The lowest BCUT2D eigenvalue weighted by atomic mass is 10.3. The first-order valence-electron chi connectivity index (χ1n) is 5.57. The molecule has 0 atom stereocenters. The van der Waals surface area contributed by atoms with Crippen LogP contribution in [0.5, 0.6) is 0 Å². The van der Waals surface area contributed by atoms with Gasteiger partial charge in [-0.05, 0) is 18.3 Å². The summed E-state index contributed by atoms with van der Waals surface area (Å²) in [5, 5.41) is 7.69. The second kappa shape index (κ2) is 4.75. The van der Waals surface area contributed by atoms with E-state index in [4.69, 9.17) is 23.8 Å². The highest BCUT2D eigenvalue weighted by molar-refractivity contribution is 7.71. The molecule has 0 spiro atoms. The number of aromatic nitrogens is 5. The van der Waals surface area contributed by atoms with Crippen molar-refractivity contribution in [2.45, 2.75) is 13.1 Å². The van der Waals surface area contributed by atoms with Crippen LogP contribution in [0.2, 0.25) is 5.02 Å². The van der Waals surface area contributed by atoms with Crippen molar-refractivity contribution < 1.29 is 4.39 Å². The molecule has 2 heterocycles. The molecule has 19 heavy (non-hydrogen) atoms. The molecule has 0 amide bonds. The number of benzene rings is 1. The van der Waals surface area contributed by atoms with Gasteiger partial charge in [-0.2, -0.15) is 0 Å². The zero-order valence-corrected chi connectivity index (χ0v) is 11.2. The van der Waals surface area contributed by atoms with Crippen LogP contribution in [0.4, 0.5) is 4.39 Å². The van der Waals surface area contributed by atoms with Crippen LogP contribution in [0, 0.1) is 10.6 Å². The van der Waals surface area contributed by atoms with E-state index in [2.05, 4.69) is 15.3 Å². The second-order valence-corrected chi connectivity index (χ2v) is 4.83. The van der Waals surface area contributed by atoms with E-state index in [0.717, 1.165) is 5.52 Å². The maximum Gasteiger partial charge on any atom is 0.178 e. The summed E-state index contributed by atoms with van der Waals surface area (Å²) in [6.07, 6.45) is 3.38. The van der Waals surface area contributed by atoms with E-state index < -0.39 is 5.82 Å². The number of aryl methyl sites for hydroxylation is 2. The van der Waals surface area contributed by atoms with Gasteiger partial charge >= 0.3 is 0 Å². The highest BCUT2D eigenvalue weighted by Gasteiger charge is 2.09. The van der Waals surface area contributed by atoms with Crippen molar-refractivity contribution >= 4 is 34.9 Å². The first-order chi connectivity index (χ1) is 9.15. The Hall–Kier alpha value is -1.73. The molecular formula is C11H9ClFN5S. The topological polar surface area (TPSA) is 51.4 Å². The Morgan fingerprint density at radius 2 is 2.21 bits per heavy atom. The lowest BCUT2D eigenvalue weighted by Crippen LogP contribution is -2.08. The van der Waals surface area contributed by atoms with E-state index in [-0.39, 0.29) is 5.02 Å². The van der Waals surface area contributed by atoms with Crippen LogP contribution in [-0.2, 0) is 13.1 Å². The van der Waals surface area contributed by atoms with E-state index in [9.17, 15) is 4.39 Å². The summed E-state index contributed by atoms with van der Waals surface area (Å²) in [5.41, 5.74) is 1.40. The van der Waals surface area contributed by atoms with Gasteiger partial charge in [0, 0.05) is 18.8 Å². The van der Waals surface area contributed by atoms with E-state index in [0.29, 0.717) is 23.4 Å². The van der Waals surface area contributed by atoms with Gasteiger partial charge in [-0.1, -0.05) is 16.8 Å². The minimum atomic E-state index is -0.464. The average Bonchev–Trinajstić information content (AvgIpc) is 2.96. The molecule has 0 unspecified atom stereocenters. The first kappa shape index (κ1) is 12.3. The molecule has 3 rings (SSSR count). The SMILES string of the molecule is Fc1cc2[nH]c(=S)n(CCn3ccnn3)c2cc1Cl. The number of halogens is 2. The number of imidazole rings is 1. The molecule has 0 bridgehead atoms. The standard InChI is InChI=1S/C11H9ClFN5S/c12-7-5-10-9(6-8(7)13)15-11(19)18(10)4-3-17-2-1-14-16-17/h1-2,5-6H,3-4H2,(H,15,19). The Morgan fingerprint density at radius 3 is 2.95 bits per heavy atom. The fourth-order valence-corrected chi connectivity index (χ4v) is 2.39. The van der Waals surface area contributed by atoms with Gasteiger partial charge in [0.15, 0.2) is 4.77 Å². The van der Waals surface area contributed by atoms with Crippen LogP contribution in [0.15, 0.2) is 24.5 Å². The average molecular weight is 298 g/mol. The van der Waals surface area contributed by atoms with Gasteiger partial charge < -0.3 is 9.55 Å². The highest BCUT2D eigenvalue weighted by Crippen LogP contribution is 2.22. The van der Waals surface area contributed by atoms with Gasteiger partial charge in [0.1, 0.15) is 5.82 Å². The van der Waals surface area contributed by atoms with Crippen molar-refractivity contribution in [2.24, 2.45) is 0 Å². The lowest BCUT2D eigenvalue weighted by Gasteiger charge is -2.04. The third-order valence-electron chi connectivity index (χ3n) is 2.84. The maximum absolute atomic E-state index is 13.4. The van der Waals surface area contributed by atoms with Crippen LogP contribution in [-0.4, -0.2) is 24.5 Å². The van der Waals surface area contributed by atoms with Gasteiger partial charge in [-0.25, -0.2) is 4.39 Å². The van der Waals surface area contributed by atoms with Crippen LogP contribution >= 0.6 is 23.8 Å². The molecule has 98 valence electrons. The lowest BCUT2D eigenvalue weighted by molar-refractivity contribution is 0.523. The van der Waals surface area contributed by atoms with Crippen molar-refractivity contribution in [2.75, 3.05) is 0 Å². The van der Waals surface area contributed by atoms with Crippen LogP contribution < -0.4 is 0 Å². The summed E-state index contributed by atoms with van der Waals surface area (Å²) in [7, 11) is 0. The number of nitrogens with zero attached hydrogens (tertiary/aromatic N) is 4. The van der Waals surface area contributed by atoms with Crippen LogP contribution in [0.3, 0.4) is 0 Å². The second-order valence-electron chi connectivity index (χ2n) is 4.03. The minimum Gasteiger partial charge on any atom is -0.330 e. The summed E-state index contributed by atoms with van der Waals surface area (Å²) in [6.45, 7) is 1.22. The molecule has 1 aromatic carbocycles. The smallest absolute Gasteiger partial charge is 0.178 e. The number of nitrogens with one attached hydrogen (secondary N) is 1. The predicted octanol–water partition coefficient (Wildman–Crippen LogP) is 2.78. The predicted molar refractivity (Wildman–Crippen MR) is 72.1 cm³/mol. The molecule has 3 aromatic rings. The Labute approximate surface area is 117 Å². The normalized spacial score (nSPS) is 11.3. The van der Waals surface area contributed by atoms with E-state index in [1.807, 2.05) is 4.57 Å². The Bertz CT molecular complexity index is 776. The summed E-state index contributed by atoms with van der Waals surface area (Å²) < 4.78 is 17.5. The zero-order valence-electron chi connectivity index (χ0n) is 9.68. The van der Waals surface area contributed by atoms with Crippen molar-refractivity contribution in [3.8, 4) is 0 Å². The quantitative estimate of drug-likeness (QED) is 0.756. The first-order valence-corrected chi connectivity index (χ1v) is 6.35. The number of aromatic amines is 1. The molecule has 0 saturated heterocycles. The van der Waals surface area contributed by atoms with E-state index in [1.165, 1.54) is 6.07 Å². The molecule has 0 saturated carbocycles.